The summed E-state index contributed by atoms with van der Waals surface area (Å²) in [6, 6.07) is 0.565. The van der Waals surface area contributed by atoms with E-state index < -0.39 is 0 Å². The predicted molar refractivity (Wildman–Crippen MR) is 76.5 cm³/mol. The number of aliphatic hydroxyl groups is 1. The smallest absolute Gasteiger partial charge is 0.193 e. The molecule has 1 atom stereocenters. The summed E-state index contributed by atoms with van der Waals surface area (Å²) in [5.74, 6) is 0. The molecule has 2 N–H and O–H groups in total. The van der Waals surface area contributed by atoms with Crippen molar-refractivity contribution in [2.45, 2.75) is 25.4 Å². The normalized spacial score (nSPS) is 19.8. The van der Waals surface area contributed by atoms with Gasteiger partial charge in [-0.25, -0.2) is 4.98 Å². The molecule has 0 saturated carbocycles. The Bertz CT molecular complexity index is 489. The lowest BCUT2D eigenvalue weighted by atomic mass is 10.2. The number of rotatable bonds is 6. The zero-order chi connectivity index (χ0) is 13.1. The van der Waals surface area contributed by atoms with Crippen molar-refractivity contribution in [1.29, 1.82) is 0 Å². The largest absolute Gasteiger partial charge is 0.395 e. The van der Waals surface area contributed by atoms with Crippen LogP contribution in [0.4, 0.5) is 0 Å². The number of nitrogens with zero attached hydrogens (tertiary/aromatic N) is 3. The Morgan fingerprint density at radius 1 is 1.58 bits per heavy atom. The number of hydrogen-bond acceptors (Lipinski definition) is 5. The highest BCUT2D eigenvalue weighted by Crippen LogP contribution is 2.14. The highest BCUT2D eigenvalue weighted by molar-refractivity contribution is 7.15. The highest BCUT2D eigenvalue weighted by atomic mass is 32.1. The summed E-state index contributed by atoms with van der Waals surface area (Å²) in [6.45, 7) is 3.84. The van der Waals surface area contributed by atoms with E-state index in [1.807, 2.05) is 11.6 Å². The van der Waals surface area contributed by atoms with Crippen LogP contribution >= 0.6 is 11.3 Å². The second kappa shape index (κ2) is 6.00. The fraction of sp³-hybridized carbons (Fsp3) is 0.615. The summed E-state index contributed by atoms with van der Waals surface area (Å²) in [4.78, 5) is 7.93. The molecule has 3 heterocycles. The first kappa shape index (κ1) is 13.1. The third kappa shape index (κ3) is 3.14. The second-order valence-corrected chi connectivity index (χ2v) is 5.95. The second-order valence-electron chi connectivity index (χ2n) is 5.08. The van der Waals surface area contributed by atoms with E-state index in [1.54, 1.807) is 11.3 Å². The average Bonchev–Trinajstić information content (AvgIpc) is 3.05. The van der Waals surface area contributed by atoms with Crippen LogP contribution in [0.5, 0.6) is 0 Å². The quantitative estimate of drug-likeness (QED) is 0.827. The minimum absolute atomic E-state index is 0.203. The monoisotopic (exact) mass is 280 g/mol. The molecule has 2 aromatic heterocycles. The van der Waals surface area contributed by atoms with Crippen molar-refractivity contribution < 1.29 is 5.11 Å². The zero-order valence-electron chi connectivity index (χ0n) is 11.0. The summed E-state index contributed by atoms with van der Waals surface area (Å²) in [5.41, 5.74) is 1.08. The number of fused-ring (bicyclic) bond motifs is 1. The minimum atomic E-state index is 0.203. The Kier molecular flexibility index (Phi) is 4.12. The number of aliphatic hydroxyl groups excluding tert-OH is 1. The number of aromatic nitrogens is 2. The Hall–Kier alpha value is -0.950. The van der Waals surface area contributed by atoms with Gasteiger partial charge in [-0.3, -0.25) is 9.30 Å². The van der Waals surface area contributed by atoms with Gasteiger partial charge in [-0.1, -0.05) is 0 Å². The maximum Gasteiger partial charge on any atom is 0.193 e. The summed E-state index contributed by atoms with van der Waals surface area (Å²) in [5, 5.41) is 14.8. The van der Waals surface area contributed by atoms with Gasteiger partial charge in [0, 0.05) is 43.4 Å². The Morgan fingerprint density at radius 2 is 2.53 bits per heavy atom. The van der Waals surface area contributed by atoms with Gasteiger partial charge in [0.1, 0.15) is 0 Å². The maximum absolute atomic E-state index is 9.20. The van der Waals surface area contributed by atoms with E-state index in [0.29, 0.717) is 12.6 Å². The van der Waals surface area contributed by atoms with Gasteiger partial charge in [-0.2, -0.15) is 0 Å². The SMILES string of the molecule is OCCN(Cc1cn2ccsc2n1)CC1CCCN1. The van der Waals surface area contributed by atoms with Crippen molar-refractivity contribution in [2.75, 3.05) is 26.2 Å². The Morgan fingerprint density at radius 3 is 3.26 bits per heavy atom. The first-order valence-corrected chi connectivity index (χ1v) is 7.71. The summed E-state index contributed by atoms with van der Waals surface area (Å²) in [6.07, 6.45) is 6.61. The lowest BCUT2D eigenvalue weighted by Gasteiger charge is -2.23. The van der Waals surface area contributed by atoms with Crippen molar-refractivity contribution in [2.24, 2.45) is 0 Å². The van der Waals surface area contributed by atoms with Crippen LogP contribution in [0.1, 0.15) is 18.5 Å². The molecule has 0 aliphatic carbocycles. The van der Waals surface area contributed by atoms with Crippen LogP contribution in [0.25, 0.3) is 4.96 Å². The predicted octanol–water partition coefficient (Wildman–Crippen LogP) is 0.942. The maximum atomic E-state index is 9.20. The molecule has 0 amide bonds. The number of imidazole rings is 1. The fourth-order valence-corrected chi connectivity index (χ4v) is 3.40. The topological polar surface area (TPSA) is 52.8 Å². The Balaban J connectivity index is 1.64. The van der Waals surface area contributed by atoms with Crippen LogP contribution in [-0.4, -0.2) is 51.7 Å². The lowest BCUT2D eigenvalue weighted by Crippen LogP contribution is -2.38. The van der Waals surface area contributed by atoms with E-state index in [-0.39, 0.29) is 6.61 Å². The van der Waals surface area contributed by atoms with E-state index in [2.05, 4.69) is 25.8 Å². The fourth-order valence-electron chi connectivity index (χ4n) is 2.68. The standard InChI is InChI=1S/C13H20N4OS/c18-6-4-16(8-11-2-1-3-14-11)9-12-10-17-5-7-19-13(17)15-12/h5,7,10-11,14,18H,1-4,6,8-9H2. The summed E-state index contributed by atoms with van der Waals surface area (Å²) in [7, 11) is 0. The van der Waals surface area contributed by atoms with Crippen LogP contribution in [-0.2, 0) is 6.54 Å². The van der Waals surface area contributed by atoms with Crippen LogP contribution in [0.2, 0.25) is 0 Å². The van der Waals surface area contributed by atoms with Gasteiger partial charge in [0.25, 0.3) is 0 Å². The molecule has 1 unspecified atom stereocenters. The molecule has 0 spiro atoms. The molecule has 0 radical (unpaired) electrons. The van der Waals surface area contributed by atoms with Crippen molar-refractivity contribution in [1.82, 2.24) is 19.6 Å². The average molecular weight is 280 g/mol. The van der Waals surface area contributed by atoms with Crippen molar-refractivity contribution in [3.8, 4) is 0 Å². The number of thiazole rings is 1. The molecule has 1 aliphatic rings. The molecule has 6 heteroatoms. The summed E-state index contributed by atoms with van der Waals surface area (Å²) >= 11 is 1.65. The molecule has 0 bridgehead atoms. The van der Waals surface area contributed by atoms with Gasteiger partial charge in [-0.05, 0) is 19.4 Å². The van der Waals surface area contributed by atoms with E-state index in [9.17, 15) is 5.11 Å². The van der Waals surface area contributed by atoms with E-state index in [1.165, 1.54) is 12.8 Å². The number of hydrogen-bond donors (Lipinski definition) is 2. The first-order chi connectivity index (χ1) is 9.35. The van der Waals surface area contributed by atoms with Crippen molar-refractivity contribution >= 4 is 16.3 Å². The zero-order valence-corrected chi connectivity index (χ0v) is 11.8. The van der Waals surface area contributed by atoms with Gasteiger partial charge < -0.3 is 10.4 Å². The van der Waals surface area contributed by atoms with Crippen LogP contribution in [0, 0.1) is 0 Å². The molecule has 5 nitrogen and oxygen atoms in total. The summed E-state index contributed by atoms with van der Waals surface area (Å²) < 4.78 is 2.06. The third-order valence-electron chi connectivity index (χ3n) is 3.59. The van der Waals surface area contributed by atoms with E-state index >= 15 is 0 Å². The van der Waals surface area contributed by atoms with Gasteiger partial charge in [0.05, 0.1) is 12.3 Å². The molecule has 2 aromatic rings. The number of nitrogens with one attached hydrogen (secondary N) is 1. The van der Waals surface area contributed by atoms with E-state index in [0.717, 1.165) is 30.3 Å². The van der Waals surface area contributed by atoms with Gasteiger partial charge in [0.15, 0.2) is 4.96 Å². The lowest BCUT2D eigenvalue weighted by molar-refractivity contribution is 0.178. The third-order valence-corrected chi connectivity index (χ3v) is 4.36. The molecular formula is C13H20N4OS. The van der Waals surface area contributed by atoms with Gasteiger partial charge in [0.2, 0.25) is 0 Å². The molecule has 3 rings (SSSR count). The molecule has 0 aromatic carbocycles. The van der Waals surface area contributed by atoms with Crippen LogP contribution < -0.4 is 5.32 Å². The highest BCUT2D eigenvalue weighted by Gasteiger charge is 2.18. The van der Waals surface area contributed by atoms with E-state index in [4.69, 9.17) is 0 Å². The van der Waals surface area contributed by atoms with Gasteiger partial charge >= 0.3 is 0 Å². The van der Waals surface area contributed by atoms with Crippen LogP contribution in [0.15, 0.2) is 17.8 Å². The minimum Gasteiger partial charge on any atom is -0.395 e. The molecular weight excluding hydrogens is 260 g/mol. The first-order valence-electron chi connectivity index (χ1n) is 6.83. The van der Waals surface area contributed by atoms with Gasteiger partial charge in [-0.15, -0.1) is 11.3 Å². The molecule has 19 heavy (non-hydrogen) atoms. The van der Waals surface area contributed by atoms with Crippen molar-refractivity contribution in [3.05, 3.63) is 23.5 Å². The van der Waals surface area contributed by atoms with Crippen LogP contribution in [0.3, 0.4) is 0 Å². The Labute approximate surface area is 116 Å². The van der Waals surface area contributed by atoms with Crippen molar-refractivity contribution in [3.63, 3.8) is 0 Å². The molecule has 104 valence electrons. The molecule has 1 saturated heterocycles. The molecule has 1 aliphatic heterocycles. The molecule has 1 fully saturated rings.